The molecule has 0 spiro atoms. The molecule has 0 aromatic carbocycles. The lowest BCUT2D eigenvalue weighted by Gasteiger charge is -2.26. The summed E-state index contributed by atoms with van der Waals surface area (Å²) in [6.45, 7) is 2.77. The van der Waals surface area contributed by atoms with Gasteiger partial charge in [0.25, 0.3) is 0 Å². The largest absolute Gasteiger partial charge is 0.316 e. The van der Waals surface area contributed by atoms with Crippen LogP contribution in [0.25, 0.3) is 0 Å². The number of aliphatic imine (C=N–C) groups is 1. The Morgan fingerprint density at radius 1 is 1.44 bits per heavy atom. The molecule has 3 rings (SSSR count). The minimum atomic E-state index is 0.162. The standard InChI is InChI=1S/C12H11ClN2O/c1-7-10-3-2-9(16)6-8-4-5-15(11(8)10)12(13)14-7/h2-3H,4-6H2,1H3. The Bertz CT molecular complexity index is 511. The van der Waals surface area contributed by atoms with Crippen LogP contribution in [0, 0.1) is 0 Å². The zero-order valence-electron chi connectivity index (χ0n) is 8.96. The smallest absolute Gasteiger partial charge is 0.203 e. The van der Waals surface area contributed by atoms with Crippen LogP contribution in [0.5, 0.6) is 0 Å². The van der Waals surface area contributed by atoms with Gasteiger partial charge in [0.2, 0.25) is 5.29 Å². The fourth-order valence-electron chi connectivity index (χ4n) is 2.44. The zero-order valence-corrected chi connectivity index (χ0v) is 9.71. The lowest BCUT2D eigenvalue weighted by atomic mass is 10.0. The molecule has 2 heterocycles. The van der Waals surface area contributed by atoms with E-state index in [1.165, 1.54) is 5.57 Å². The van der Waals surface area contributed by atoms with Crippen molar-refractivity contribution in [1.82, 2.24) is 4.90 Å². The van der Waals surface area contributed by atoms with Crippen molar-refractivity contribution >= 4 is 22.7 Å². The monoisotopic (exact) mass is 234 g/mol. The van der Waals surface area contributed by atoms with Crippen molar-refractivity contribution in [2.24, 2.45) is 4.99 Å². The predicted octanol–water partition coefficient (Wildman–Crippen LogP) is 2.36. The molecule has 0 amide bonds. The third-order valence-electron chi connectivity index (χ3n) is 3.19. The second kappa shape index (κ2) is 3.32. The molecule has 0 atom stereocenters. The molecule has 0 aromatic heterocycles. The van der Waals surface area contributed by atoms with Crippen LogP contribution in [-0.4, -0.2) is 22.5 Å². The van der Waals surface area contributed by atoms with Crippen molar-refractivity contribution in [2.75, 3.05) is 6.54 Å². The summed E-state index contributed by atoms with van der Waals surface area (Å²) in [5, 5.41) is 0.522. The molecule has 0 N–H and O–H groups in total. The minimum Gasteiger partial charge on any atom is -0.316 e. The molecular formula is C12H11ClN2O. The number of nitrogens with zero attached hydrogens (tertiary/aromatic N) is 2. The minimum absolute atomic E-state index is 0.162. The van der Waals surface area contributed by atoms with Crippen LogP contribution in [0.2, 0.25) is 0 Å². The first-order valence-electron chi connectivity index (χ1n) is 5.33. The predicted molar refractivity (Wildman–Crippen MR) is 63.1 cm³/mol. The van der Waals surface area contributed by atoms with Gasteiger partial charge in [-0.25, -0.2) is 4.99 Å². The fraction of sp³-hybridized carbons (Fsp3) is 0.333. The van der Waals surface area contributed by atoms with Crippen LogP contribution in [0.4, 0.5) is 0 Å². The summed E-state index contributed by atoms with van der Waals surface area (Å²) in [7, 11) is 0. The summed E-state index contributed by atoms with van der Waals surface area (Å²) in [5.41, 5.74) is 4.24. The Balaban J connectivity index is 2.24. The lowest BCUT2D eigenvalue weighted by molar-refractivity contribution is -0.114. The molecule has 0 bridgehead atoms. The molecule has 0 unspecified atom stereocenters. The van der Waals surface area contributed by atoms with E-state index in [0.29, 0.717) is 11.7 Å². The van der Waals surface area contributed by atoms with E-state index in [0.717, 1.165) is 29.9 Å². The van der Waals surface area contributed by atoms with E-state index in [-0.39, 0.29) is 5.78 Å². The highest BCUT2D eigenvalue weighted by molar-refractivity contribution is 6.65. The molecule has 0 saturated heterocycles. The van der Waals surface area contributed by atoms with Gasteiger partial charge in [0.15, 0.2) is 5.78 Å². The van der Waals surface area contributed by atoms with Crippen molar-refractivity contribution in [2.45, 2.75) is 19.8 Å². The molecule has 16 heavy (non-hydrogen) atoms. The number of carbonyl (C=O) groups excluding carboxylic acids is 1. The van der Waals surface area contributed by atoms with Crippen molar-refractivity contribution in [1.29, 1.82) is 0 Å². The summed E-state index contributed by atoms with van der Waals surface area (Å²) in [5.74, 6) is 0.162. The van der Waals surface area contributed by atoms with Gasteiger partial charge in [0.1, 0.15) is 0 Å². The third kappa shape index (κ3) is 1.28. The van der Waals surface area contributed by atoms with E-state index in [1.54, 1.807) is 6.08 Å². The lowest BCUT2D eigenvalue weighted by Crippen LogP contribution is -2.27. The maximum atomic E-state index is 11.6. The molecule has 3 nitrogen and oxygen atoms in total. The maximum absolute atomic E-state index is 11.6. The number of allylic oxidation sites excluding steroid dienone is 3. The molecule has 3 aliphatic rings. The van der Waals surface area contributed by atoms with Crippen LogP contribution in [-0.2, 0) is 4.79 Å². The molecule has 0 fully saturated rings. The summed E-state index contributed by atoms with van der Waals surface area (Å²) in [6.07, 6.45) is 4.93. The number of rotatable bonds is 0. The first kappa shape index (κ1) is 9.85. The number of halogens is 1. The van der Waals surface area contributed by atoms with Gasteiger partial charge < -0.3 is 4.90 Å². The van der Waals surface area contributed by atoms with Crippen molar-refractivity contribution in [3.05, 3.63) is 34.7 Å². The summed E-state index contributed by atoms with van der Waals surface area (Å²) >= 11 is 6.11. The third-order valence-corrected chi connectivity index (χ3v) is 3.48. The van der Waals surface area contributed by atoms with Crippen molar-refractivity contribution in [3.8, 4) is 0 Å². The van der Waals surface area contributed by atoms with Crippen LogP contribution >= 0.6 is 11.6 Å². The number of carbonyl (C=O) groups is 1. The molecule has 4 heteroatoms. The number of hydrogen-bond donors (Lipinski definition) is 0. The highest BCUT2D eigenvalue weighted by atomic mass is 35.5. The Morgan fingerprint density at radius 3 is 3.06 bits per heavy atom. The van der Waals surface area contributed by atoms with Gasteiger partial charge in [0, 0.05) is 24.2 Å². The van der Waals surface area contributed by atoms with E-state index in [4.69, 9.17) is 11.6 Å². The fourth-order valence-corrected chi connectivity index (χ4v) is 2.73. The quantitative estimate of drug-likeness (QED) is 0.603. The second-order valence-corrected chi connectivity index (χ2v) is 4.55. The van der Waals surface area contributed by atoms with Crippen LogP contribution in [0.1, 0.15) is 19.8 Å². The SMILES string of the molecule is CC1=C2C=CC(=O)CC3=C2N(CC3)C(Cl)=N1. The highest BCUT2D eigenvalue weighted by Gasteiger charge is 2.32. The number of hydrogen-bond acceptors (Lipinski definition) is 3. The molecule has 2 aliphatic heterocycles. The Morgan fingerprint density at radius 2 is 2.25 bits per heavy atom. The average molecular weight is 235 g/mol. The van der Waals surface area contributed by atoms with Gasteiger partial charge in [-0.05, 0) is 42.7 Å². The van der Waals surface area contributed by atoms with Gasteiger partial charge in [-0.1, -0.05) is 0 Å². The Hall–Kier alpha value is -1.35. The number of ketones is 1. The van der Waals surface area contributed by atoms with E-state index in [2.05, 4.69) is 4.99 Å². The second-order valence-electron chi connectivity index (χ2n) is 4.21. The Labute approximate surface area is 98.8 Å². The first-order valence-corrected chi connectivity index (χ1v) is 5.70. The maximum Gasteiger partial charge on any atom is 0.203 e. The first-order chi connectivity index (χ1) is 7.66. The Kier molecular flexibility index (Phi) is 2.04. The van der Waals surface area contributed by atoms with Gasteiger partial charge in [0.05, 0.1) is 5.70 Å². The topological polar surface area (TPSA) is 32.7 Å². The number of amidine groups is 1. The van der Waals surface area contributed by atoms with E-state index in [1.807, 2.05) is 17.9 Å². The molecule has 1 aliphatic carbocycles. The van der Waals surface area contributed by atoms with Crippen LogP contribution < -0.4 is 0 Å². The molecule has 82 valence electrons. The van der Waals surface area contributed by atoms with Crippen LogP contribution in [0.15, 0.2) is 39.7 Å². The molecule has 0 radical (unpaired) electrons. The summed E-state index contributed by atoms with van der Waals surface area (Å²) < 4.78 is 0. The molecular weight excluding hydrogens is 224 g/mol. The molecule has 0 saturated carbocycles. The van der Waals surface area contributed by atoms with E-state index < -0.39 is 0 Å². The van der Waals surface area contributed by atoms with Gasteiger partial charge >= 0.3 is 0 Å². The van der Waals surface area contributed by atoms with E-state index >= 15 is 0 Å². The van der Waals surface area contributed by atoms with Crippen LogP contribution in [0.3, 0.4) is 0 Å². The summed E-state index contributed by atoms with van der Waals surface area (Å²) in [4.78, 5) is 17.9. The van der Waals surface area contributed by atoms with Gasteiger partial charge in [-0.15, -0.1) is 0 Å². The van der Waals surface area contributed by atoms with Crippen molar-refractivity contribution in [3.63, 3.8) is 0 Å². The normalized spacial score (nSPS) is 23.8. The zero-order chi connectivity index (χ0) is 11.3. The summed E-state index contributed by atoms with van der Waals surface area (Å²) in [6, 6.07) is 0. The van der Waals surface area contributed by atoms with Gasteiger partial charge in [-0.2, -0.15) is 0 Å². The van der Waals surface area contributed by atoms with Crippen molar-refractivity contribution < 1.29 is 4.79 Å². The van der Waals surface area contributed by atoms with E-state index in [9.17, 15) is 4.79 Å². The molecule has 0 aromatic rings. The average Bonchev–Trinajstić information content (AvgIpc) is 2.55. The highest BCUT2D eigenvalue weighted by Crippen LogP contribution is 2.38. The van der Waals surface area contributed by atoms with Gasteiger partial charge in [-0.3, -0.25) is 4.79 Å².